The number of carbonyl (C=O) groups excluding carboxylic acids is 1. The zero-order chi connectivity index (χ0) is 18.6. The van der Waals surface area contributed by atoms with Crippen molar-refractivity contribution in [2.45, 2.75) is 0 Å². The number of aromatic hydroxyl groups is 1. The summed E-state index contributed by atoms with van der Waals surface area (Å²) in [4.78, 5) is 16.7. The quantitative estimate of drug-likeness (QED) is 0.858. The van der Waals surface area contributed by atoms with Crippen molar-refractivity contribution >= 4 is 17.3 Å². The maximum Gasteiger partial charge on any atom is 0.238 e. The maximum absolute atomic E-state index is 12.4. The maximum atomic E-state index is 12.4. The number of amides is 1. The fourth-order valence-electron chi connectivity index (χ4n) is 3.38. The molecular formula is C20H23N3O4. The van der Waals surface area contributed by atoms with E-state index < -0.39 is 0 Å². The molecule has 0 spiro atoms. The summed E-state index contributed by atoms with van der Waals surface area (Å²) in [5.74, 6) is 1.60. The number of phenols is 1. The van der Waals surface area contributed by atoms with Crippen molar-refractivity contribution in [1.29, 1.82) is 0 Å². The molecule has 1 amide bonds. The van der Waals surface area contributed by atoms with Gasteiger partial charge in [0.15, 0.2) is 11.5 Å². The average molecular weight is 369 g/mol. The number of rotatable bonds is 4. The lowest BCUT2D eigenvalue weighted by molar-refractivity contribution is -0.117. The molecule has 7 heteroatoms. The van der Waals surface area contributed by atoms with Gasteiger partial charge >= 0.3 is 0 Å². The lowest BCUT2D eigenvalue weighted by atomic mass is 10.2. The highest BCUT2D eigenvalue weighted by molar-refractivity contribution is 5.92. The van der Waals surface area contributed by atoms with Gasteiger partial charge in [0.05, 0.1) is 6.54 Å². The van der Waals surface area contributed by atoms with Gasteiger partial charge in [-0.05, 0) is 24.3 Å². The number of piperazine rings is 1. The summed E-state index contributed by atoms with van der Waals surface area (Å²) in [6, 6.07) is 12.7. The summed E-state index contributed by atoms with van der Waals surface area (Å²) < 4.78 is 11.0. The van der Waals surface area contributed by atoms with Gasteiger partial charge in [-0.25, -0.2) is 0 Å². The predicted molar refractivity (Wildman–Crippen MR) is 103 cm³/mol. The van der Waals surface area contributed by atoms with Gasteiger partial charge in [-0.2, -0.15) is 0 Å². The number of nitrogens with one attached hydrogen (secondary N) is 1. The summed E-state index contributed by atoms with van der Waals surface area (Å²) in [5.41, 5.74) is 1.72. The average Bonchev–Trinajstić information content (AvgIpc) is 2.68. The minimum Gasteiger partial charge on any atom is -0.508 e. The number of hydrogen-bond acceptors (Lipinski definition) is 6. The van der Waals surface area contributed by atoms with Crippen LogP contribution in [-0.4, -0.2) is 61.9 Å². The van der Waals surface area contributed by atoms with E-state index in [1.54, 1.807) is 18.2 Å². The molecule has 2 aromatic rings. The van der Waals surface area contributed by atoms with Crippen molar-refractivity contribution in [2.24, 2.45) is 0 Å². The highest BCUT2D eigenvalue weighted by Gasteiger charge is 2.20. The van der Waals surface area contributed by atoms with Gasteiger partial charge in [-0.1, -0.05) is 6.07 Å². The van der Waals surface area contributed by atoms with Crippen molar-refractivity contribution < 1.29 is 19.4 Å². The van der Waals surface area contributed by atoms with Crippen LogP contribution in [0.4, 0.5) is 11.4 Å². The molecule has 142 valence electrons. The molecule has 1 saturated heterocycles. The minimum atomic E-state index is -0.0440. The Balaban J connectivity index is 1.28. The first-order valence-corrected chi connectivity index (χ1v) is 9.13. The van der Waals surface area contributed by atoms with E-state index in [0.29, 0.717) is 36.9 Å². The van der Waals surface area contributed by atoms with E-state index in [1.807, 2.05) is 24.3 Å². The zero-order valence-corrected chi connectivity index (χ0v) is 15.1. The second kappa shape index (κ2) is 7.75. The van der Waals surface area contributed by atoms with Crippen LogP contribution in [0.25, 0.3) is 0 Å². The Morgan fingerprint density at radius 1 is 1.00 bits per heavy atom. The van der Waals surface area contributed by atoms with E-state index in [-0.39, 0.29) is 11.7 Å². The van der Waals surface area contributed by atoms with Crippen molar-refractivity contribution in [2.75, 3.05) is 56.2 Å². The molecule has 27 heavy (non-hydrogen) atoms. The van der Waals surface area contributed by atoms with Gasteiger partial charge in [0.2, 0.25) is 5.91 Å². The highest BCUT2D eigenvalue weighted by Crippen LogP contribution is 2.32. The molecule has 4 rings (SSSR count). The van der Waals surface area contributed by atoms with Crippen molar-refractivity contribution in [1.82, 2.24) is 4.90 Å². The number of phenolic OH excluding ortho intramolecular Hbond substituents is 1. The monoisotopic (exact) mass is 369 g/mol. The second-order valence-electron chi connectivity index (χ2n) is 6.69. The molecule has 0 aromatic heterocycles. The van der Waals surface area contributed by atoms with Crippen LogP contribution in [0, 0.1) is 0 Å². The molecule has 0 radical (unpaired) electrons. The molecule has 0 saturated carbocycles. The third-order valence-corrected chi connectivity index (χ3v) is 4.76. The summed E-state index contributed by atoms with van der Waals surface area (Å²) in [5, 5.41) is 12.5. The normalized spacial score (nSPS) is 16.8. The third kappa shape index (κ3) is 4.25. The lowest BCUT2D eigenvalue weighted by Gasteiger charge is -2.35. The Morgan fingerprint density at radius 3 is 2.56 bits per heavy atom. The van der Waals surface area contributed by atoms with Crippen molar-refractivity contribution in [3.63, 3.8) is 0 Å². The van der Waals surface area contributed by atoms with Gasteiger partial charge in [0, 0.05) is 49.7 Å². The van der Waals surface area contributed by atoms with Crippen molar-refractivity contribution in [3.05, 3.63) is 42.5 Å². The molecule has 0 bridgehead atoms. The molecule has 2 aromatic carbocycles. The van der Waals surface area contributed by atoms with Crippen LogP contribution < -0.4 is 19.7 Å². The van der Waals surface area contributed by atoms with Crippen LogP contribution in [-0.2, 0) is 4.79 Å². The molecule has 0 atom stereocenters. The number of hydrogen-bond donors (Lipinski definition) is 2. The standard InChI is InChI=1S/C20H23N3O4/c24-17-3-1-2-16(13-17)23-8-6-22(7-9-23)14-20(25)21-15-4-5-18-19(12-15)27-11-10-26-18/h1-5,12-13,24H,6-11,14H2,(H,21,25). The number of anilines is 2. The van der Waals surface area contributed by atoms with Crippen LogP contribution in [0.2, 0.25) is 0 Å². The molecular weight excluding hydrogens is 346 g/mol. The van der Waals surface area contributed by atoms with E-state index in [9.17, 15) is 9.90 Å². The summed E-state index contributed by atoms with van der Waals surface area (Å²) in [6.45, 7) is 4.65. The molecule has 2 heterocycles. The van der Waals surface area contributed by atoms with E-state index in [4.69, 9.17) is 9.47 Å². The topological polar surface area (TPSA) is 74.3 Å². The fraction of sp³-hybridized carbons (Fsp3) is 0.350. The number of nitrogens with zero attached hydrogens (tertiary/aromatic N) is 2. The summed E-state index contributed by atoms with van der Waals surface area (Å²) in [7, 11) is 0. The molecule has 2 N–H and O–H groups in total. The predicted octanol–water partition coefficient (Wildman–Crippen LogP) is 1.92. The Hall–Kier alpha value is -2.93. The highest BCUT2D eigenvalue weighted by atomic mass is 16.6. The first-order chi connectivity index (χ1) is 13.2. The van der Waals surface area contributed by atoms with E-state index >= 15 is 0 Å². The van der Waals surface area contributed by atoms with Gasteiger partial charge in [-0.3, -0.25) is 9.69 Å². The number of fused-ring (bicyclic) bond motifs is 1. The number of ether oxygens (including phenoxy) is 2. The first kappa shape index (κ1) is 17.5. The Morgan fingerprint density at radius 2 is 1.78 bits per heavy atom. The molecule has 0 unspecified atom stereocenters. The Kier molecular flexibility index (Phi) is 5.02. The van der Waals surface area contributed by atoms with Gasteiger partial charge in [0.1, 0.15) is 19.0 Å². The zero-order valence-electron chi connectivity index (χ0n) is 15.1. The summed E-state index contributed by atoms with van der Waals surface area (Å²) in [6.07, 6.45) is 0. The van der Waals surface area contributed by atoms with Gasteiger partial charge in [0.25, 0.3) is 0 Å². The van der Waals surface area contributed by atoms with Gasteiger partial charge in [-0.15, -0.1) is 0 Å². The van der Waals surface area contributed by atoms with E-state index in [1.165, 1.54) is 0 Å². The molecule has 7 nitrogen and oxygen atoms in total. The van der Waals surface area contributed by atoms with Crippen LogP contribution >= 0.6 is 0 Å². The number of benzene rings is 2. The SMILES string of the molecule is O=C(CN1CCN(c2cccc(O)c2)CC1)Nc1ccc2c(c1)OCCO2. The van der Waals surface area contributed by atoms with Crippen LogP contribution in [0.15, 0.2) is 42.5 Å². The number of carbonyl (C=O) groups is 1. The lowest BCUT2D eigenvalue weighted by Crippen LogP contribution is -2.48. The first-order valence-electron chi connectivity index (χ1n) is 9.13. The molecule has 0 aliphatic carbocycles. The minimum absolute atomic E-state index is 0.0440. The Bertz CT molecular complexity index is 819. The van der Waals surface area contributed by atoms with Crippen LogP contribution in [0.5, 0.6) is 17.2 Å². The third-order valence-electron chi connectivity index (χ3n) is 4.76. The molecule has 2 aliphatic rings. The molecule has 2 aliphatic heterocycles. The smallest absolute Gasteiger partial charge is 0.238 e. The summed E-state index contributed by atoms with van der Waals surface area (Å²) >= 11 is 0. The van der Waals surface area contributed by atoms with E-state index in [0.717, 1.165) is 31.9 Å². The van der Waals surface area contributed by atoms with E-state index in [2.05, 4.69) is 15.1 Å². The van der Waals surface area contributed by atoms with Gasteiger partial charge < -0.3 is 24.8 Å². The van der Waals surface area contributed by atoms with Crippen LogP contribution in [0.3, 0.4) is 0 Å². The second-order valence-corrected chi connectivity index (χ2v) is 6.69. The van der Waals surface area contributed by atoms with Crippen LogP contribution in [0.1, 0.15) is 0 Å². The molecule has 1 fully saturated rings. The largest absolute Gasteiger partial charge is 0.508 e. The van der Waals surface area contributed by atoms with Crippen molar-refractivity contribution in [3.8, 4) is 17.2 Å². The Labute approximate surface area is 158 Å². The fourth-order valence-corrected chi connectivity index (χ4v) is 3.38.